The standard InChI is InChI=1S/C12H19N3O/c1-13-11-4-3-10(9-12(11)16-2)15-7-5-14-6-8-15/h3-4,9,13-14H,5-8H2,1-2H3. The van der Waals surface area contributed by atoms with E-state index in [0.717, 1.165) is 37.6 Å². The second-order valence-corrected chi connectivity index (χ2v) is 3.87. The molecule has 1 saturated heterocycles. The maximum Gasteiger partial charge on any atom is 0.144 e. The van der Waals surface area contributed by atoms with Gasteiger partial charge in [-0.3, -0.25) is 0 Å². The van der Waals surface area contributed by atoms with E-state index in [9.17, 15) is 0 Å². The molecular formula is C12H19N3O. The predicted molar refractivity (Wildman–Crippen MR) is 67.6 cm³/mol. The number of rotatable bonds is 3. The summed E-state index contributed by atoms with van der Waals surface area (Å²) >= 11 is 0. The van der Waals surface area contributed by atoms with Crippen molar-refractivity contribution in [3.05, 3.63) is 18.2 Å². The molecule has 0 aliphatic carbocycles. The molecule has 0 unspecified atom stereocenters. The van der Waals surface area contributed by atoms with Crippen LogP contribution in [0.15, 0.2) is 18.2 Å². The Kier molecular flexibility index (Phi) is 3.51. The van der Waals surface area contributed by atoms with Crippen LogP contribution in [0.3, 0.4) is 0 Å². The summed E-state index contributed by atoms with van der Waals surface area (Å²) in [5.41, 5.74) is 2.26. The summed E-state index contributed by atoms with van der Waals surface area (Å²) in [4.78, 5) is 2.37. The molecule has 0 spiro atoms. The molecule has 0 radical (unpaired) electrons. The molecule has 4 heteroatoms. The van der Waals surface area contributed by atoms with E-state index in [1.165, 1.54) is 5.69 Å². The number of hydrogen-bond acceptors (Lipinski definition) is 4. The summed E-state index contributed by atoms with van der Waals surface area (Å²) < 4.78 is 5.36. The predicted octanol–water partition coefficient (Wildman–Crippen LogP) is 1.15. The number of benzene rings is 1. The first-order chi connectivity index (χ1) is 7.85. The number of nitrogens with zero attached hydrogens (tertiary/aromatic N) is 1. The number of methoxy groups -OCH3 is 1. The number of hydrogen-bond donors (Lipinski definition) is 2. The molecule has 2 rings (SSSR count). The minimum atomic E-state index is 0.901. The zero-order valence-corrected chi connectivity index (χ0v) is 9.92. The first-order valence-corrected chi connectivity index (χ1v) is 5.66. The minimum absolute atomic E-state index is 0.901. The van der Waals surface area contributed by atoms with E-state index in [2.05, 4.69) is 33.7 Å². The van der Waals surface area contributed by atoms with Crippen molar-refractivity contribution in [1.29, 1.82) is 0 Å². The third-order valence-corrected chi connectivity index (χ3v) is 2.94. The first kappa shape index (κ1) is 11.1. The van der Waals surface area contributed by atoms with Crippen molar-refractivity contribution in [3.8, 4) is 5.75 Å². The van der Waals surface area contributed by atoms with Gasteiger partial charge in [0, 0.05) is 45.0 Å². The van der Waals surface area contributed by atoms with Crippen LogP contribution in [0, 0.1) is 0 Å². The Morgan fingerprint density at radius 1 is 1.31 bits per heavy atom. The average Bonchev–Trinajstić information content (AvgIpc) is 2.39. The van der Waals surface area contributed by atoms with Gasteiger partial charge in [-0.25, -0.2) is 0 Å². The smallest absolute Gasteiger partial charge is 0.144 e. The van der Waals surface area contributed by atoms with E-state index >= 15 is 0 Å². The molecule has 0 saturated carbocycles. The zero-order chi connectivity index (χ0) is 11.4. The SMILES string of the molecule is CNc1ccc(N2CCNCC2)cc1OC. The summed E-state index contributed by atoms with van der Waals surface area (Å²) in [6.45, 7) is 4.22. The third-order valence-electron chi connectivity index (χ3n) is 2.94. The number of nitrogens with one attached hydrogen (secondary N) is 2. The number of ether oxygens (including phenoxy) is 1. The molecule has 1 fully saturated rings. The van der Waals surface area contributed by atoms with Crippen LogP contribution in [0.4, 0.5) is 11.4 Å². The summed E-state index contributed by atoms with van der Waals surface area (Å²) in [5.74, 6) is 0.901. The fourth-order valence-corrected chi connectivity index (χ4v) is 2.01. The molecule has 0 atom stereocenters. The lowest BCUT2D eigenvalue weighted by Gasteiger charge is -2.29. The Morgan fingerprint density at radius 3 is 2.69 bits per heavy atom. The molecule has 0 amide bonds. The lowest BCUT2D eigenvalue weighted by molar-refractivity contribution is 0.416. The monoisotopic (exact) mass is 221 g/mol. The van der Waals surface area contributed by atoms with Crippen molar-refractivity contribution >= 4 is 11.4 Å². The summed E-state index contributed by atoms with van der Waals surface area (Å²) in [5, 5.41) is 6.47. The maximum atomic E-state index is 5.36. The van der Waals surface area contributed by atoms with Gasteiger partial charge in [0.25, 0.3) is 0 Å². The fourth-order valence-electron chi connectivity index (χ4n) is 2.01. The summed E-state index contributed by atoms with van der Waals surface area (Å²) in [6.07, 6.45) is 0. The van der Waals surface area contributed by atoms with E-state index in [0.29, 0.717) is 0 Å². The Bertz CT molecular complexity index is 348. The fraction of sp³-hybridized carbons (Fsp3) is 0.500. The van der Waals surface area contributed by atoms with Crippen LogP contribution in [0.25, 0.3) is 0 Å². The van der Waals surface area contributed by atoms with E-state index in [1.807, 2.05) is 7.05 Å². The number of piperazine rings is 1. The molecule has 88 valence electrons. The van der Waals surface area contributed by atoms with Crippen LogP contribution in [-0.4, -0.2) is 40.3 Å². The van der Waals surface area contributed by atoms with Gasteiger partial charge in [-0.05, 0) is 12.1 Å². The van der Waals surface area contributed by atoms with Crippen molar-refractivity contribution in [2.45, 2.75) is 0 Å². The topological polar surface area (TPSA) is 36.5 Å². The molecule has 2 N–H and O–H groups in total. The van der Waals surface area contributed by atoms with Crippen LogP contribution in [0.5, 0.6) is 5.75 Å². The van der Waals surface area contributed by atoms with Crippen LogP contribution < -0.4 is 20.3 Å². The van der Waals surface area contributed by atoms with Gasteiger partial charge in [0.2, 0.25) is 0 Å². The van der Waals surface area contributed by atoms with Gasteiger partial charge in [-0.15, -0.1) is 0 Å². The summed E-state index contributed by atoms with van der Waals surface area (Å²) in [7, 11) is 3.61. The van der Waals surface area contributed by atoms with Gasteiger partial charge < -0.3 is 20.3 Å². The Labute approximate surface area is 96.6 Å². The van der Waals surface area contributed by atoms with Gasteiger partial charge in [0.1, 0.15) is 5.75 Å². The molecule has 0 aromatic heterocycles. The van der Waals surface area contributed by atoms with E-state index in [4.69, 9.17) is 4.74 Å². The van der Waals surface area contributed by atoms with E-state index in [-0.39, 0.29) is 0 Å². The highest BCUT2D eigenvalue weighted by Gasteiger charge is 2.12. The van der Waals surface area contributed by atoms with Crippen LogP contribution >= 0.6 is 0 Å². The second kappa shape index (κ2) is 5.07. The first-order valence-electron chi connectivity index (χ1n) is 5.66. The second-order valence-electron chi connectivity index (χ2n) is 3.87. The lowest BCUT2D eigenvalue weighted by Crippen LogP contribution is -2.43. The molecule has 16 heavy (non-hydrogen) atoms. The molecule has 1 aromatic rings. The molecule has 4 nitrogen and oxygen atoms in total. The van der Waals surface area contributed by atoms with Gasteiger partial charge in [0.15, 0.2) is 0 Å². The normalized spacial score (nSPS) is 16.0. The van der Waals surface area contributed by atoms with Crippen molar-refractivity contribution in [2.75, 3.05) is 50.6 Å². The van der Waals surface area contributed by atoms with E-state index in [1.54, 1.807) is 7.11 Å². The maximum absolute atomic E-state index is 5.36. The highest BCUT2D eigenvalue weighted by Crippen LogP contribution is 2.29. The molecule has 1 heterocycles. The molecule has 1 aromatic carbocycles. The molecular weight excluding hydrogens is 202 g/mol. The van der Waals surface area contributed by atoms with Crippen LogP contribution in [0.1, 0.15) is 0 Å². The van der Waals surface area contributed by atoms with Crippen molar-refractivity contribution in [2.24, 2.45) is 0 Å². The molecule has 0 bridgehead atoms. The van der Waals surface area contributed by atoms with Crippen molar-refractivity contribution in [3.63, 3.8) is 0 Å². The van der Waals surface area contributed by atoms with Gasteiger partial charge in [-0.1, -0.05) is 0 Å². The largest absolute Gasteiger partial charge is 0.495 e. The van der Waals surface area contributed by atoms with Gasteiger partial charge in [0.05, 0.1) is 12.8 Å². The highest BCUT2D eigenvalue weighted by molar-refractivity contribution is 5.64. The highest BCUT2D eigenvalue weighted by atomic mass is 16.5. The quantitative estimate of drug-likeness (QED) is 0.802. The van der Waals surface area contributed by atoms with Crippen molar-refractivity contribution < 1.29 is 4.74 Å². The van der Waals surface area contributed by atoms with Crippen molar-refractivity contribution in [1.82, 2.24) is 5.32 Å². The van der Waals surface area contributed by atoms with Gasteiger partial charge >= 0.3 is 0 Å². The molecule has 1 aliphatic rings. The Balaban J connectivity index is 2.20. The third kappa shape index (κ3) is 2.22. The summed E-state index contributed by atoms with van der Waals surface area (Å²) in [6, 6.07) is 6.30. The number of anilines is 2. The lowest BCUT2D eigenvalue weighted by atomic mass is 10.2. The molecule has 1 aliphatic heterocycles. The van der Waals surface area contributed by atoms with Gasteiger partial charge in [-0.2, -0.15) is 0 Å². The Morgan fingerprint density at radius 2 is 2.06 bits per heavy atom. The van der Waals surface area contributed by atoms with Crippen LogP contribution in [-0.2, 0) is 0 Å². The zero-order valence-electron chi connectivity index (χ0n) is 9.92. The minimum Gasteiger partial charge on any atom is -0.495 e. The van der Waals surface area contributed by atoms with Crippen LogP contribution in [0.2, 0.25) is 0 Å². The Hall–Kier alpha value is -1.42. The average molecular weight is 221 g/mol. The van der Waals surface area contributed by atoms with E-state index < -0.39 is 0 Å².